The molecule has 0 bridgehead atoms. The number of ether oxygens (including phenoxy) is 1. The molecule has 2 aromatic carbocycles. The van der Waals surface area contributed by atoms with E-state index in [-0.39, 0.29) is 17.2 Å². The number of Topliss-reactive ketones (excluding diaryl/α,β-unsaturated/α-hetero) is 1. The molecule has 0 saturated heterocycles. The van der Waals surface area contributed by atoms with Crippen molar-refractivity contribution in [3.05, 3.63) is 88.8 Å². The van der Waals surface area contributed by atoms with Gasteiger partial charge >= 0.3 is 0 Å². The van der Waals surface area contributed by atoms with Crippen molar-refractivity contribution in [1.82, 2.24) is 5.16 Å². The summed E-state index contributed by atoms with van der Waals surface area (Å²) in [6.45, 7) is 1.64. The lowest BCUT2D eigenvalue weighted by molar-refractivity contribution is -0.117. The van der Waals surface area contributed by atoms with Gasteiger partial charge in [0.1, 0.15) is 11.6 Å². The van der Waals surface area contributed by atoms with Crippen molar-refractivity contribution in [3.63, 3.8) is 0 Å². The number of aromatic nitrogens is 1. The molecule has 1 N–H and O–H groups in total. The molecule has 4 aromatic rings. The zero-order valence-electron chi connectivity index (χ0n) is 17.5. The van der Waals surface area contributed by atoms with Gasteiger partial charge in [-0.15, -0.1) is 0 Å². The van der Waals surface area contributed by atoms with Crippen LogP contribution in [0, 0.1) is 12.7 Å². The Morgan fingerprint density at radius 3 is 2.61 bits per heavy atom. The van der Waals surface area contributed by atoms with E-state index < -0.39 is 29.3 Å². The fraction of sp³-hybridized carbons (Fsp3) is 0.125. The minimum absolute atomic E-state index is 0.0888. The molecule has 1 aliphatic heterocycles. The number of fused-ring (bicyclic) bond motifs is 1. The predicted octanol–water partition coefficient (Wildman–Crippen LogP) is 4.66. The number of hydrogen-bond acceptors (Lipinski definition) is 7. The fourth-order valence-electron chi connectivity index (χ4n) is 3.94. The number of hydrogen-bond donors (Lipinski definition) is 1. The first kappa shape index (κ1) is 20.5. The molecular formula is C24H17FN2O6. The molecule has 0 fully saturated rings. The highest BCUT2D eigenvalue weighted by Gasteiger charge is 2.46. The monoisotopic (exact) mass is 448 g/mol. The fourth-order valence-corrected chi connectivity index (χ4v) is 3.94. The SMILES string of the molecule is COc1cccc2cc(C(=O)C3=C(O)C(=O)N(c4cc(C)on4)C3c3ccc(F)cc3)oc12. The Morgan fingerprint density at radius 2 is 1.94 bits per heavy atom. The van der Waals surface area contributed by atoms with Gasteiger partial charge in [-0.1, -0.05) is 29.4 Å². The second-order valence-corrected chi connectivity index (χ2v) is 7.51. The zero-order chi connectivity index (χ0) is 23.3. The van der Waals surface area contributed by atoms with Crippen molar-refractivity contribution >= 4 is 28.5 Å². The average Bonchev–Trinajstić information content (AvgIpc) is 3.50. The highest BCUT2D eigenvalue weighted by molar-refractivity contribution is 6.20. The number of aryl methyl sites for hydroxylation is 1. The lowest BCUT2D eigenvalue weighted by Crippen LogP contribution is -2.31. The average molecular weight is 448 g/mol. The summed E-state index contributed by atoms with van der Waals surface area (Å²) in [5.74, 6) is -1.89. The molecule has 166 valence electrons. The van der Waals surface area contributed by atoms with Gasteiger partial charge in [-0.25, -0.2) is 4.39 Å². The molecule has 0 saturated carbocycles. The van der Waals surface area contributed by atoms with Crippen LogP contribution < -0.4 is 9.64 Å². The molecule has 0 aliphatic carbocycles. The van der Waals surface area contributed by atoms with Crippen molar-refractivity contribution < 1.29 is 32.8 Å². The van der Waals surface area contributed by atoms with Gasteiger partial charge in [0, 0.05) is 11.5 Å². The number of carbonyl (C=O) groups is 2. The number of methoxy groups -OCH3 is 1. The van der Waals surface area contributed by atoms with Crippen LogP contribution in [0.3, 0.4) is 0 Å². The Morgan fingerprint density at radius 1 is 1.18 bits per heavy atom. The van der Waals surface area contributed by atoms with E-state index in [0.29, 0.717) is 28.0 Å². The smallest absolute Gasteiger partial charge is 0.295 e. The minimum atomic E-state index is -1.08. The summed E-state index contributed by atoms with van der Waals surface area (Å²) in [7, 11) is 1.48. The Kier molecular flexibility index (Phi) is 4.74. The maximum atomic E-state index is 13.6. The summed E-state index contributed by atoms with van der Waals surface area (Å²) in [5.41, 5.74) is 0.534. The third-order valence-corrected chi connectivity index (χ3v) is 5.45. The number of carbonyl (C=O) groups excluding carboxylic acids is 2. The number of ketones is 1. The predicted molar refractivity (Wildman–Crippen MR) is 115 cm³/mol. The topological polar surface area (TPSA) is 106 Å². The Labute approximate surface area is 186 Å². The van der Waals surface area contributed by atoms with Crippen LogP contribution in [0.5, 0.6) is 5.75 Å². The molecule has 1 unspecified atom stereocenters. The van der Waals surface area contributed by atoms with E-state index in [2.05, 4.69) is 5.16 Å². The number of rotatable bonds is 5. The molecule has 3 heterocycles. The lowest BCUT2D eigenvalue weighted by Gasteiger charge is -2.24. The molecule has 5 rings (SSSR count). The second-order valence-electron chi connectivity index (χ2n) is 7.51. The first-order valence-corrected chi connectivity index (χ1v) is 9.95. The van der Waals surface area contributed by atoms with E-state index in [9.17, 15) is 19.1 Å². The van der Waals surface area contributed by atoms with Crippen LogP contribution in [0.15, 0.2) is 74.9 Å². The van der Waals surface area contributed by atoms with Crippen molar-refractivity contribution in [2.24, 2.45) is 0 Å². The van der Waals surface area contributed by atoms with E-state index in [1.54, 1.807) is 25.1 Å². The molecule has 0 spiro atoms. The van der Waals surface area contributed by atoms with E-state index in [0.717, 1.165) is 4.90 Å². The normalized spacial score (nSPS) is 16.2. The number of aliphatic hydroxyl groups excluding tert-OH is 1. The maximum absolute atomic E-state index is 13.6. The summed E-state index contributed by atoms with van der Waals surface area (Å²) in [4.78, 5) is 27.7. The Hall–Kier alpha value is -4.40. The quantitative estimate of drug-likeness (QED) is 0.443. The van der Waals surface area contributed by atoms with Gasteiger partial charge in [0.25, 0.3) is 5.91 Å². The van der Waals surface area contributed by atoms with Crippen LogP contribution in [0.2, 0.25) is 0 Å². The number of amides is 1. The first-order valence-electron chi connectivity index (χ1n) is 9.95. The van der Waals surface area contributed by atoms with Gasteiger partial charge in [0.05, 0.1) is 18.7 Å². The largest absolute Gasteiger partial charge is 0.503 e. The first-order chi connectivity index (χ1) is 15.9. The molecule has 0 radical (unpaired) electrons. The highest BCUT2D eigenvalue weighted by atomic mass is 19.1. The molecular weight excluding hydrogens is 431 g/mol. The van der Waals surface area contributed by atoms with Crippen LogP contribution in [0.4, 0.5) is 10.2 Å². The van der Waals surface area contributed by atoms with Gasteiger partial charge in [-0.2, -0.15) is 0 Å². The minimum Gasteiger partial charge on any atom is -0.503 e. The molecule has 1 atom stereocenters. The van der Waals surface area contributed by atoms with E-state index >= 15 is 0 Å². The third kappa shape index (κ3) is 3.25. The molecule has 33 heavy (non-hydrogen) atoms. The van der Waals surface area contributed by atoms with Crippen molar-refractivity contribution in [3.8, 4) is 5.75 Å². The number of halogens is 1. The van der Waals surface area contributed by atoms with Gasteiger partial charge in [-0.05, 0) is 36.8 Å². The number of aliphatic hydroxyl groups is 1. The van der Waals surface area contributed by atoms with Gasteiger partial charge in [-0.3, -0.25) is 14.5 Å². The van der Waals surface area contributed by atoms with Crippen molar-refractivity contribution in [1.29, 1.82) is 0 Å². The van der Waals surface area contributed by atoms with Crippen LogP contribution >= 0.6 is 0 Å². The highest BCUT2D eigenvalue weighted by Crippen LogP contribution is 2.42. The standard InChI is InChI=1S/C24H17FN2O6/c1-12-10-18(26-33-12)27-20(13-6-8-15(25)9-7-13)19(22(29)24(27)30)21(28)17-11-14-4-3-5-16(31-2)23(14)32-17/h3-11,20,29H,1-2H3. The summed E-state index contributed by atoms with van der Waals surface area (Å²) in [6, 6.07) is 12.4. The van der Waals surface area contributed by atoms with E-state index in [1.807, 2.05) is 0 Å². The van der Waals surface area contributed by atoms with Gasteiger partial charge in [0.2, 0.25) is 5.78 Å². The van der Waals surface area contributed by atoms with Crippen molar-refractivity contribution in [2.45, 2.75) is 13.0 Å². The second kappa shape index (κ2) is 7.63. The maximum Gasteiger partial charge on any atom is 0.295 e. The van der Waals surface area contributed by atoms with Gasteiger partial charge in [0.15, 0.2) is 28.7 Å². The van der Waals surface area contributed by atoms with E-state index in [1.165, 1.54) is 43.5 Å². The third-order valence-electron chi connectivity index (χ3n) is 5.45. The molecule has 2 aromatic heterocycles. The van der Waals surface area contributed by atoms with Crippen LogP contribution in [0.25, 0.3) is 11.0 Å². The number of furan rings is 1. The van der Waals surface area contributed by atoms with Crippen LogP contribution in [0.1, 0.15) is 27.9 Å². The lowest BCUT2D eigenvalue weighted by atomic mass is 9.95. The summed E-state index contributed by atoms with van der Waals surface area (Å²) in [6.07, 6.45) is 0. The number of anilines is 1. The van der Waals surface area contributed by atoms with Gasteiger partial charge < -0.3 is 18.8 Å². The number of para-hydroxylation sites is 1. The number of nitrogens with zero attached hydrogens (tertiary/aromatic N) is 2. The summed E-state index contributed by atoms with van der Waals surface area (Å²) < 4.78 is 29.7. The summed E-state index contributed by atoms with van der Waals surface area (Å²) in [5, 5.41) is 15.2. The van der Waals surface area contributed by atoms with Crippen LogP contribution in [-0.4, -0.2) is 29.1 Å². The zero-order valence-corrected chi connectivity index (χ0v) is 17.5. The Bertz CT molecular complexity index is 1430. The van der Waals surface area contributed by atoms with Crippen LogP contribution in [-0.2, 0) is 4.79 Å². The Balaban J connectivity index is 1.66. The molecule has 1 aliphatic rings. The van der Waals surface area contributed by atoms with Crippen molar-refractivity contribution in [2.75, 3.05) is 12.0 Å². The molecule has 9 heteroatoms. The summed E-state index contributed by atoms with van der Waals surface area (Å²) >= 11 is 0. The number of benzene rings is 2. The molecule has 1 amide bonds. The van der Waals surface area contributed by atoms with E-state index in [4.69, 9.17) is 13.7 Å². The molecule has 8 nitrogen and oxygen atoms in total.